The Morgan fingerprint density at radius 3 is 2.67 bits per heavy atom. The minimum absolute atomic E-state index is 0.00371. The molecule has 2 amide bonds. The van der Waals surface area contributed by atoms with Crippen LogP contribution in [-0.4, -0.2) is 47.6 Å². The van der Waals surface area contributed by atoms with E-state index in [4.69, 9.17) is 11.6 Å². The number of allylic oxidation sites excluding steroid dienone is 1. The van der Waals surface area contributed by atoms with E-state index in [-0.39, 0.29) is 48.1 Å². The van der Waals surface area contributed by atoms with Crippen molar-refractivity contribution in [2.24, 2.45) is 5.10 Å². The molecule has 1 aliphatic carbocycles. The highest BCUT2D eigenvalue weighted by atomic mass is 35.5. The quantitative estimate of drug-likeness (QED) is 0.378. The van der Waals surface area contributed by atoms with E-state index < -0.39 is 5.82 Å². The van der Waals surface area contributed by atoms with Crippen LogP contribution in [0.1, 0.15) is 18.4 Å². The van der Waals surface area contributed by atoms with Gasteiger partial charge in [0.15, 0.2) is 0 Å². The lowest BCUT2D eigenvalue weighted by molar-refractivity contribution is -0.137. The zero-order valence-electron chi connectivity index (χ0n) is 15.0. The molecule has 1 aromatic rings. The molecule has 0 radical (unpaired) electrons. The molecule has 0 aromatic heterocycles. The van der Waals surface area contributed by atoms with Crippen LogP contribution in [0.2, 0.25) is 5.02 Å². The molecule has 0 heterocycles. The van der Waals surface area contributed by atoms with Gasteiger partial charge in [-0.2, -0.15) is 5.10 Å². The molecule has 0 atom stereocenters. The summed E-state index contributed by atoms with van der Waals surface area (Å²) in [5.41, 5.74) is 0.722. The number of hydrazone groups is 1. The van der Waals surface area contributed by atoms with Gasteiger partial charge in [0.25, 0.3) is 0 Å². The molecule has 2 rings (SSSR count). The van der Waals surface area contributed by atoms with Crippen molar-refractivity contribution in [3.05, 3.63) is 59.5 Å². The Bertz CT molecular complexity index is 764. The van der Waals surface area contributed by atoms with E-state index in [2.05, 4.69) is 30.3 Å². The van der Waals surface area contributed by atoms with Crippen LogP contribution in [-0.2, 0) is 16.1 Å². The van der Waals surface area contributed by atoms with E-state index in [1.54, 1.807) is 12.1 Å². The first-order valence-electron chi connectivity index (χ1n) is 8.42. The van der Waals surface area contributed by atoms with Crippen LogP contribution in [0.4, 0.5) is 4.39 Å². The first-order valence-corrected chi connectivity index (χ1v) is 8.79. The van der Waals surface area contributed by atoms with E-state index >= 15 is 0 Å². The molecule has 1 saturated carbocycles. The predicted octanol–water partition coefficient (Wildman–Crippen LogP) is 2.70. The average molecular weight is 393 g/mol. The Balaban J connectivity index is 1.95. The lowest BCUT2D eigenvalue weighted by Gasteiger charge is -2.25. The van der Waals surface area contributed by atoms with Gasteiger partial charge in [0.05, 0.1) is 17.3 Å². The van der Waals surface area contributed by atoms with Gasteiger partial charge in [-0.05, 0) is 25.0 Å². The number of carbonyl (C=O) groups is 2. The summed E-state index contributed by atoms with van der Waals surface area (Å²) < 4.78 is 13.9. The Morgan fingerprint density at radius 1 is 1.37 bits per heavy atom. The van der Waals surface area contributed by atoms with Crippen LogP contribution >= 0.6 is 11.6 Å². The number of halogens is 2. The third kappa shape index (κ3) is 5.65. The van der Waals surface area contributed by atoms with Crippen LogP contribution in [0.5, 0.6) is 0 Å². The van der Waals surface area contributed by atoms with E-state index in [1.807, 2.05) is 0 Å². The molecule has 27 heavy (non-hydrogen) atoms. The molecule has 6 nitrogen and oxygen atoms in total. The van der Waals surface area contributed by atoms with Crippen molar-refractivity contribution in [3.8, 4) is 0 Å². The SMILES string of the molecule is C=CC(=C)N(CC(=O)N(CC(=O)NCc1cccc(Cl)c1F)C1CC1)N=C. The van der Waals surface area contributed by atoms with Crippen LogP contribution in [0.3, 0.4) is 0 Å². The van der Waals surface area contributed by atoms with Crippen molar-refractivity contribution < 1.29 is 14.0 Å². The molecule has 0 bridgehead atoms. The maximum absolute atomic E-state index is 13.9. The fraction of sp³-hybridized carbons (Fsp3) is 0.316. The Morgan fingerprint density at radius 2 is 2.07 bits per heavy atom. The van der Waals surface area contributed by atoms with Gasteiger partial charge in [-0.25, -0.2) is 4.39 Å². The molecule has 8 heteroatoms. The van der Waals surface area contributed by atoms with E-state index in [9.17, 15) is 14.0 Å². The smallest absolute Gasteiger partial charge is 0.245 e. The maximum Gasteiger partial charge on any atom is 0.245 e. The predicted molar refractivity (Wildman–Crippen MR) is 104 cm³/mol. The summed E-state index contributed by atoms with van der Waals surface area (Å²) in [6.07, 6.45) is 3.15. The van der Waals surface area contributed by atoms with Gasteiger partial charge in [-0.3, -0.25) is 14.6 Å². The van der Waals surface area contributed by atoms with Crippen molar-refractivity contribution in [2.45, 2.75) is 25.4 Å². The summed E-state index contributed by atoms with van der Waals surface area (Å²) in [6.45, 7) is 10.5. The van der Waals surface area contributed by atoms with Crippen molar-refractivity contribution >= 4 is 30.1 Å². The van der Waals surface area contributed by atoms with Crippen LogP contribution in [0.15, 0.2) is 48.2 Å². The zero-order valence-corrected chi connectivity index (χ0v) is 15.7. The summed E-state index contributed by atoms with van der Waals surface area (Å²) in [5, 5.41) is 7.69. The number of hydrogen-bond acceptors (Lipinski definition) is 4. The highest BCUT2D eigenvalue weighted by Crippen LogP contribution is 2.27. The topological polar surface area (TPSA) is 65.0 Å². The second kappa shape index (κ2) is 9.32. The van der Waals surface area contributed by atoms with Gasteiger partial charge in [-0.1, -0.05) is 36.9 Å². The lowest BCUT2D eigenvalue weighted by Crippen LogP contribution is -2.45. The van der Waals surface area contributed by atoms with E-state index in [0.29, 0.717) is 5.70 Å². The van der Waals surface area contributed by atoms with Gasteiger partial charge in [0.2, 0.25) is 11.8 Å². The summed E-state index contributed by atoms with van der Waals surface area (Å²) >= 11 is 5.73. The Hall–Kier alpha value is -2.67. The van der Waals surface area contributed by atoms with Gasteiger partial charge in [0.1, 0.15) is 12.4 Å². The Labute approximate surface area is 163 Å². The summed E-state index contributed by atoms with van der Waals surface area (Å²) in [4.78, 5) is 26.3. The summed E-state index contributed by atoms with van der Waals surface area (Å²) in [7, 11) is 0. The van der Waals surface area contributed by atoms with Crippen molar-refractivity contribution in [1.82, 2.24) is 15.2 Å². The van der Waals surface area contributed by atoms with Crippen molar-refractivity contribution in [1.29, 1.82) is 0 Å². The maximum atomic E-state index is 13.9. The molecule has 0 unspecified atom stereocenters. The standard InChI is InChI=1S/C19H22ClFN4O2/c1-4-13(2)25(22-3)12-18(27)24(15-8-9-15)11-17(26)23-10-14-6-5-7-16(20)19(14)21/h4-7,15H,1-3,8-12H2,(H,23,26). The number of benzene rings is 1. The molecular weight excluding hydrogens is 371 g/mol. The van der Waals surface area contributed by atoms with Gasteiger partial charge < -0.3 is 10.2 Å². The highest BCUT2D eigenvalue weighted by Gasteiger charge is 2.34. The fourth-order valence-corrected chi connectivity index (χ4v) is 2.66. The van der Waals surface area contributed by atoms with Gasteiger partial charge in [-0.15, -0.1) is 0 Å². The van der Waals surface area contributed by atoms with Gasteiger partial charge >= 0.3 is 0 Å². The normalized spacial score (nSPS) is 12.8. The molecule has 0 aliphatic heterocycles. The zero-order chi connectivity index (χ0) is 20.0. The minimum atomic E-state index is -0.565. The van der Waals surface area contributed by atoms with Crippen LogP contribution < -0.4 is 5.32 Å². The number of hydrogen-bond donors (Lipinski definition) is 1. The van der Waals surface area contributed by atoms with Crippen LogP contribution in [0.25, 0.3) is 0 Å². The molecule has 0 saturated heterocycles. The number of nitrogens with one attached hydrogen (secondary N) is 1. The molecule has 144 valence electrons. The first kappa shape index (κ1) is 20.6. The monoisotopic (exact) mass is 392 g/mol. The highest BCUT2D eigenvalue weighted by molar-refractivity contribution is 6.30. The fourth-order valence-electron chi connectivity index (χ4n) is 2.46. The van der Waals surface area contributed by atoms with Crippen molar-refractivity contribution in [2.75, 3.05) is 13.1 Å². The number of nitrogens with zero attached hydrogens (tertiary/aromatic N) is 3. The van der Waals surface area contributed by atoms with Crippen LogP contribution in [0, 0.1) is 5.82 Å². The van der Waals surface area contributed by atoms with E-state index in [0.717, 1.165) is 12.8 Å². The third-order valence-electron chi connectivity index (χ3n) is 4.15. The minimum Gasteiger partial charge on any atom is -0.350 e. The number of carbonyl (C=O) groups excluding carboxylic acids is 2. The molecule has 1 aromatic carbocycles. The largest absolute Gasteiger partial charge is 0.350 e. The molecule has 1 aliphatic rings. The van der Waals surface area contributed by atoms with E-state index in [1.165, 1.54) is 22.1 Å². The van der Waals surface area contributed by atoms with Crippen molar-refractivity contribution in [3.63, 3.8) is 0 Å². The third-order valence-corrected chi connectivity index (χ3v) is 4.44. The molecular formula is C19H22ClFN4O2. The number of amides is 2. The lowest BCUT2D eigenvalue weighted by atomic mass is 10.2. The Kier molecular flexibility index (Phi) is 7.12. The number of rotatable bonds is 10. The second-order valence-corrected chi connectivity index (χ2v) is 6.54. The molecule has 0 spiro atoms. The molecule has 1 fully saturated rings. The average Bonchev–Trinajstić information content (AvgIpc) is 3.49. The summed E-state index contributed by atoms with van der Waals surface area (Å²) in [6, 6.07) is 4.61. The first-order chi connectivity index (χ1) is 12.9. The van der Waals surface area contributed by atoms with Gasteiger partial charge in [0, 0.05) is 24.9 Å². The molecule has 1 N–H and O–H groups in total. The second-order valence-electron chi connectivity index (χ2n) is 6.14. The summed E-state index contributed by atoms with van der Waals surface area (Å²) in [5.74, 6) is -1.21.